The van der Waals surface area contributed by atoms with Crippen LogP contribution in [0.5, 0.6) is 0 Å². The lowest BCUT2D eigenvalue weighted by Gasteiger charge is -2.31. The maximum Gasteiger partial charge on any atom is 0.227 e. The summed E-state index contributed by atoms with van der Waals surface area (Å²) in [5, 5.41) is 6.43. The topological polar surface area (TPSA) is 41.1 Å². The Labute approximate surface area is 99.4 Å². The lowest BCUT2D eigenvalue weighted by Crippen LogP contribution is -2.47. The van der Waals surface area contributed by atoms with E-state index in [0.29, 0.717) is 11.8 Å². The standard InChI is InChI=1S/C13H26N2O/c1-5-11(4)8-15-12(16)13(10(2)3)6-7-14-9-13/h10-11,14H,5-9H2,1-4H3,(H,15,16). The van der Waals surface area contributed by atoms with Gasteiger partial charge in [-0.15, -0.1) is 0 Å². The van der Waals surface area contributed by atoms with Crippen LogP contribution >= 0.6 is 0 Å². The van der Waals surface area contributed by atoms with E-state index >= 15 is 0 Å². The second-order valence-electron chi connectivity index (χ2n) is 5.46. The average molecular weight is 226 g/mol. The van der Waals surface area contributed by atoms with Gasteiger partial charge in [0, 0.05) is 13.1 Å². The molecule has 0 aromatic heterocycles. The van der Waals surface area contributed by atoms with Crippen molar-refractivity contribution in [2.45, 2.75) is 40.5 Å². The molecule has 0 aromatic carbocycles. The summed E-state index contributed by atoms with van der Waals surface area (Å²) >= 11 is 0. The van der Waals surface area contributed by atoms with Crippen molar-refractivity contribution in [3.8, 4) is 0 Å². The Hall–Kier alpha value is -0.570. The summed E-state index contributed by atoms with van der Waals surface area (Å²) < 4.78 is 0. The highest BCUT2D eigenvalue weighted by Crippen LogP contribution is 2.34. The molecular formula is C13H26N2O. The number of hydrogen-bond donors (Lipinski definition) is 2. The molecule has 2 atom stereocenters. The maximum atomic E-state index is 12.3. The molecule has 0 aromatic rings. The van der Waals surface area contributed by atoms with Gasteiger partial charge in [-0.2, -0.15) is 0 Å². The molecule has 3 heteroatoms. The zero-order valence-corrected chi connectivity index (χ0v) is 11.1. The molecule has 0 spiro atoms. The fourth-order valence-corrected chi connectivity index (χ4v) is 2.25. The van der Waals surface area contributed by atoms with Gasteiger partial charge in [-0.05, 0) is 24.8 Å². The molecule has 0 bridgehead atoms. The molecule has 1 rings (SSSR count). The van der Waals surface area contributed by atoms with E-state index in [1.54, 1.807) is 0 Å². The molecule has 0 radical (unpaired) electrons. The van der Waals surface area contributed by atoms with Crippen LogP contribution in [0.25, 0.3) is 0 Å². The summed E-state index contributed by atoms with van der Waals surface area (Å²) in [5.41, 5.74) is -0.173. The fourth-order valence-electron chi connectivity index (χ4n) is 2.25. The van der Waals surface area contributed by atoms with Crippen molar-refractivity contribution in [2.75, 3.05) is 19.6 Å². The molecule has 1 aliphatic rings. The van der Waals surface area contributed by atoms with Crippen LogP contribution in [0.3, 0.4) is 0 Å². The van der Waals surface area contributed by atoms with Crippen molar-refractivity contribution in [1.29, 1.82) is 0 Å². The predicted octanol–water partition coefficient (Wildman–Crippen LogP) is 1.78. The van der Waals surface area contributed by atoms with Gasteiger partial charge in [-0.1, -0.05) is 34.1 Å². The van der Waals surface area contributed by atoms with E-state index in [1.165, 1.54) is 0 Å². The Bertz CT molecular complexity index is 232. The van der Waals surface area contributed by atoms with Gasteiger partial charge in [0.05, 0.1) is 5.41 Å². The highest BCUT2D eigenvalue weighted by atomic mass is 16.2. The first kappa shape index (κ1) is 13.5. The molecule has 2 unspecified atom stereocenters. The zero-order chi connectivity index (χ0) is 12.2. The van der Waals surface area contributed by atoms with E-state index in [-0.39, 0.29) is 11.3 Å². The first-order valence-corrected chi connectivity index (χ1v) is 6.52. The molecular weight excluding hydrogens is 200 g/mol. The van der Waals surface area contributed by atoms with E-state index in [4.69, 9.17) is 0 Å². The first-order valence-electron chi connectivity index (χ1n) is 6.52. The van der Waals surface area contributed by atoms with Crippen LogP contribution in [-0.2, 0) is 4.79 Å². The summed E-state index contributed by atoms with van der Waals surface area (Å²) in [4.78, 5) is 12.3. The van der Waals surface area contributed by atoms with Crippen LogP contribution in [-0.4, -0.2) is 25.5 Å². The summed E-state index contributed by atoms with van der Waals surface area (Å²) in [5.74, 6) is 1.22. The third-order valence-corrected chi connectivity index (χ3v) is 4.05. The first-order chi connectivity index (χ1) is 7.53. The average Bonchev–Trinajstić information content (AvgIpc) is 2.75. The summed E-state index contributed by atoms with van der Waals surface area (Å²) in [7, 11) is 0. The van der Waals surface area contributed by atoms with Crippen LogP contribution in [0, 0.1) is 17.3 Å². The minimum Gasteiger partial charge on any atom is -0.355 e. The summed E-state index contributed by atoms with van der Waals surface area (Å²) in [6, 6.07) is 0. The highest BCUT2D eigenvalue weighted by Gasteiger charge is 2.43. The van der Waals surface area contributed by atoms with Gasteiger partial charge in [0.1, 0.15) is 0 Å². The maximum absolute atomic E-state index is 12.3. The number of nitrogens with one attached hydrogen (secondary N) is 2. The van der Waals surface area contributed by atoms with E-state index in [1.807, 2.05) is 0 Å². The fraction of sp³-hybridized carbons (Fsp3) is 0.923. The molecule has 0 aliphatic carbocycles. The van der Waals surface area contributed by atoms with E-state index < -0.39 is 0 Å². The third kappa shape index (κ3) is 2.76. The highest BCUT2D eigenvalue weighted by molar-refractivity contribution is 5.83. The van der Waals surface area contributed by atoms with Gasteiger partial charge in [0.25, 0.3) is 0 Å². The van der Waals surface area contributed by atoms with E-state index in [9.17, 15) is 4.79 Å². The van der Waals surface area contributed by atoms with Crippen LogP contribution in [0.2, 0.25) is 0 Å². The quantitative estimate of drug-likeness (QED) is 0.750. The van der Waals surface area contributed by atoms with Gasteiger partial charge in [0.15, 0.2) is 0 Å². The van der Waals surface area contributed by atoms with Gasteiger partial charge >= 0.3 is 0 Å². The molecule has 1 amide bonds. The number of hydrogen-bond acceptors (Lipinski definition) is 2. The van der Waals surface area contributed by atoms with Crippen LogP contribution in [0.15, 0.2) is 0 Å². The Morgan fingerprint density at radius 1 is 1.44 bits per heavy atom. The van der Waals surface area contributed by atoms with Crippen LogP contribution in [0.1, 0.15) is 40.5 Å². The van der Waals surface area contributed by atoms with E-state index in [2.05, 4.69) is 38.3 Å². The molecule has 1 saturated heterocycles. The molecule has 0 saturated carbocycles. The zero-order valence-electron chi connectivity index (χ0n) is 11.1. The Kier molecular flexibility index (Phi) is 4.78. The number of carbonyl (C=O) groups is 1. The second-order valence-corrected chi connectivity index (χ2v) is 5.46. The number of amides is 1. The van der Waals surface area contributed by atoms with Gasteiger partial charge in [-0.25, -0.2) is 0 Å². The lowest BCUT2D eigenvalue weighted by atomic mass is 9.75. The molecule has 1 fully saturated rings. The van der Waals surface area contributed by atoms with Gasteiger partial charge in [0.2, 0.25) is 5.91 Å². The normalized spacial score (nSPS) is 27.1. The monoisotopic (exact) mass is 226 g/mol. The Balaban J connectivity index is 2.55. The lowest BCUT2D eigenvalue weighted by molar-refractivity contribution is -0.132. The second kappa shape index (κ2) is 5.67. The van der Waals surface area contributed by atoms with Crippen molar-refractivity contribution >= 4 is 5.91 Å². The Morgan fingerprint density at radius 3 is 2.56 bits per heavy atom. The van der Waals surface area contributed by atoms with Crippen molar-refractivity contribution < 1.29 is 4.79 Å². The van der Waals surface area contributed by atoms with Gasteiger partial charge in [-0.3, -0.25) is 4.79 Å². The minimum absolute atomic E-state index is 0.173. The van der Waals surface area contributed by atoms with Crippen LogP contribution in [0.4, 0.5) is 0 Å². The number of carbonyl (C=O) groups excluding carboxylic acids is 1. The minimum atomic E-state index is -0.173. The van der Waals surface area contributed by atoms with Crippen molar-refractivity contribution in [1.82, 2.24) is 10.6 Å². The SMILES string of the molecule is CCC(C)CNC(=O)C1(C(C)C)CCNC1. The summed E-state index contributed by atoms with van der Waals surface area (Å²) in [6.07, 6.45) is 2.09. The third-order valence-electron chi connectivity index (χ3n) is 4.05. The number of rotatable bonds is 5. The van der Waals surface area contributed by atoms with Crippen molar-refractivity contribution in [3.63, 3.8) is 0 Å². The molecule has 2 N–H and O–H groups in total. The Morgan fingerprint density at radius 2 is 2.12 bits per heavy atom. The van der Waals surface area contributed by atoms with Crippen molar-refractivity contribution in [3.05, 3.63) is 0 Å². The summed E-state index contributed by atoms with van der Waals surface area (Å²) in [6.45, 7) is 11.2. The molecule has 94 valence electrons. The molecule has 16 heavy (non-hydrogen) atoms. The largest absolute Gasteiger partial charge is 0.355 e. The smallest absolute Gasteiger partial charge is 0.227 e. The molecule has 1 aliphatic heterocycles. The molecule has 3 nitrogen and oxygen atoms in total. The molecule has 1 heterocycles. The van der Waals surface area contributed by atoms with Gasteiger partial charge < -0.3 is 10.6 Å². The predicted molar refractivity (Wildman–Crippen MR) is 67.2 cm³/mol. The van der Waals surface area contributed by atoms with Crippen molar-refractivity contribution in [2.24, 2.45) is 17.3 Å². The van der Waals surface area contributed by atoms with Crippen LogP contribution < -0.4 is 10.6 Å². The van der Waals surface area contributed by atoms with E-state index in [0.717, 1.165) is 32.5 Å².